The molecule has 0 aliphatic carbocycles. The molecule has 0 amide bonds. The van der Waals surface area contributed by atoms with Crippen molar-refractivity contribution in [3.8, 4) is 0 Å². The summed E-state index contributed by atoms with van der Waals surface area (Å²) in [6.45, 7) is 1.72. The maximum absolute atomic E-state index is 11.4. The quantitative estimate of drug-likeness (QED) is 0.673. The highest BCUT2D eigenvalue weighted by Crippen LogP contribution is 2.21. The van der Waals surface area contributed by atoms with Crippen molar-refractivity contribution in [2.75, 3.05) is 20.2 Å². The van der Waals surface area contributed by atoms with Gasteiger partial charge in [0.05, 0.1) is 11.6 Å². The Bertz CT molecular complexity index is 473. The van der Waals surface area contributed by atoms with Crippen LogP contribution in [0.5, 0.6) is 0 Å². The van der Waals surface area contributed by atoms with E-state index in [4.69, 9.17) is 4.74 Å². The second-order valence-corrected chi connectivity index (χ2v) is 5.33. The Morgan fingerprint density at radius 2 is 2.32 bits per heavy atom. The van der Waals surface area contributed by atoms with Gasteiger partial charge in [0.15, 0.2) is 0 Å². The van der Waals surface area contributed by atoms with E-state index in [1.807, 2.05) is 0 Å². The molecule has 102 valence electrons. The van der Waals surface area contributed by atoms with Gasteiger partial charge in [-0.25, -0.2) is 14.8 Å². The van der Waals surface area contributed by atoms with Gasteiger partial charge in [-0.2, -0.15) is 0 Å². The number of carbonyl (C=O) groups is 1. The van der Waals surface area contributed by atoms with Gasteiger partial charge >= 0.3 is 5.97 Å². The van der Waals surface area contributed by atoms with Crippen LogP contribution in [0.3, 0.4) is 0 Å². The van der Waals surface area contributed by atoms with E-state index >= 15 is 0 Å². The summed E-state index contributed by atoms with van der Waals surface area (Å²) >= 11 is 3.31. The van der Waals surface area contributed by atoms with Crippen molar-refractivity contribution in [1.82, 2.24) is 15.3 Å². The zero-order chi connectivity index (χ0) is 13.7. The van der Waals surface area contributed by atoms with Crippen molar-refractivity contribution in [2.24, 2.45) is 5.92 Å². The number of hydrogen-bond acceptors (Lipinski definition) is 5. The molecular formula is C13H16BrN3O2. The van der Waals surface area contributed by atoms with E-state index in [9.17, 15) is 4.79 Å². The van der Waals surface area contributed by atoms with Crippen LogP contribution in [0.15, 0.2) is 28.5 Å². The third-order valence-electron chi connectivity index (χ3n) is 3.11. The molecule has 1 aliphatic rings. The van der Waals surface area contributed by atoms with Crippen molar-refractivity contribution in [2.45, 2.75) is 12.8 Å². The van der Waals surface area contributed by atoms with Gasteiger partial charge in [0, 0.05) is 31.4 Å². The zero-order valence-electron chi connectivity index (χ0n) is 10.7. The zero-order valence-corrected chi connectivity index (χ0v) is 12.3. The number of rotatable bonds is 3. The lowest BCUT2D eigenvalue weighted by molar-refractivity contribution is -0.134. The molecule has 1 saturated heterocycles. The fraction of sp³-hybridized carbons (Fsp3) is 0.462. The van der Waals surface area contributed by atoms with E-state index < -0.39 is 0 Å². The molecule has 0 aromatic carbocycles. The van der Waals surface area contributed by atoms with Gasteiger partial charge in [-0.1, -0.05) is 5.57 Å². The number of esters is 1. The van der Waals surface area contributed by atoms with Crippen LogP contribution < -0.4 is 5.32 Å². The van der Waals surface area contributed by atoms with Gasteiger partial charge in [0.2, 0.25) is 0 Å². The second-order valence-electron chi connectivity index (χ2n) is 4.42. The van der Waals surface area contributed by atoms with Crippen molar-refractivity contribution < 1.29 is 9.53 Å². The third kappa shape index (κ3) is 4.11. The maximum atomic E-state index is 11.4. The van der Waals surface area contributed by atoms with Crippen LogP contribution in [-0.4, -0.2) is 36.1 Å². The van der Waals surface area contributed by atoms with Crippen LogP contribution in [0, 0.1) is 5.92 Å². The smallest absolute Gasteiger partial charge is 0.330 e. The van der Waals surface area contributed by atoms with Gasteiger partial charge in [0.1, 0.15) is 5.82 Å². The highest BCUT2D eigenvalue weighted by Gasteiger charge is 2.21. The van der Waals surface area contributed by atoms with E-state index in [1.54, 1.807) is 18.5 Å². The van der Waals surface area contributed by atoms with Gasteiger partial charge in [0.25, 0.3) is 0 Å². The molecule has 1 unspecified atom stereocenters. The number of piperidine rings is 1. The third-order valence-corrected chi connectivity index (χ3v) is 3.52. The predicted molar refractivity (Wildman–Crippen MR) is 74.5 cm³/mol. The summed E-state index contributed by atoms with van der Waals surface area (Å²) in [7, 11) is 1.40. The summed E-state index contributed by atoms with van der Waals surface area (Å²) < 4.78 is 5.56. The highest BCUT2D eigenvalue weighted by molar-refractivity contribution is 9.10. The van der Waals surface area contributed by atoms with E-state index in [1.165, 1.54) is 7.11 Å². The summed E-state index contributed by atoms with van der Waals surface area (Å²) in [4.78, 5) is 19.9. The Hall–Kier alpha value is -1.27. The highest BCUT2D eigenvalue weighted by atomic mass is 79.9. The van der Waals surface area contributed by atoms with E-state index in [-0.39, 0.29) is 11.9 Å². The summed E-state index contributed by atoms with van der Waals surface area (Å²) in [6.07, 6.45) is 6.66. The Morgan fingerprint density at radius 3 is 3.00 bits per heavy atom. The van der Waals surface area contributed by atoms with Crippen molar-refractivity contribution in [3.05, 3.63) is 34.3 Å². The lowest BCUT2D eigenvalue weighted by Crippen LogP contribution is -2.33. The fourth-order valence-electron chi connectivity index (χ4n) is 2.11. The first-order valence-corrected chi connectivity index (χ1v) is 6.94. The van der Waals surface area contributed by atoms with E-state index in [0.717, 1.165) is 41.8 Å². The molecule has 0 saturated carbocycles. The Morgan fingerprint density at radius 1 is 1.58 bits per heavy atom. The van der Waals surface area contributed by atoms with Crippen molar-refractivity contribution in [1.29, 1.82) is 0 Å². The van der Waals surface area contributed by atoms with Crippen LogP contribution in [0.2, 0.25) is 0 Å². The molecule has 1 aliphatic heterocycles. The lowest BCUT2D eigenvalue weighted by Gasteiger charge is -2.25. The normalized spacial score (nSPS) is 21.4. The molecule has 0 bridgehead atoms. The molecule has 5 nitrogen and oxygen atoms in total. The summed E-state index contributed by atoms with van der Waals surface area (Å²) in [5.74, 6) is 0.736. The Kier molecular flexibility index (Phi) is 5.04. The second kappa shape index (κ2) is 6.77. The molecule has 19 heavy (non-hydrogen) atoms. The molecule has 0 radical (unpaired) electrons. The molecule has 1 fully saturated rings. The maximum Gasteiger partial charge on any atom is 0.330 e. The van der Waals surface area contributed by atoms with E-state index in [0.29, 0.717) is 0 Å². The number of hydrogen-bond donors (Lipinski definition) is 1. The van der Waals surface area contributed by atoms with Crippen LogP contribution in [-0.2, 0) is 16.0 Å². The first-order valence-electron chi connectivity index (χ1n) is 6.14. The number of nitrogens with zero attached hydrogens (tertiary/aromatic N) is 2. The number of carbonyl (C=O) groups excluding carboxylic acids is 1. The molecule has 6 heteroatoms. The molecule has 2 rings (SSSR count). The Balaban J connectivity index is 2.09. The van der Waals surface area contributed by atoms with Gasteiger partial charge < -0.3 is 10.1 Å². The minimum absolute atomic E-state index is 0.244. The van der Waals surface area contributed by atoms with Crippen LogP contribution in [0.4, 0.5) is 0 Å². The number of nitrogens with one attached hydrogen (secondary N) is 1. The molecular weight excluding hydrogens is 310 g/mol. The molecule has 2 heterocycles. The van der Waals surface area contributed by atoms with Crippen LogP contribution in [0.25, 0.3) is 0 Å². The molecule has 1 atom stereocenters. The summed E-state index contributed by atoms with van der Waals surface area (Å²) in [5.41, 5.74) is 1.11. The van der Waals surface area contributed by atoms with Crippen LogP contribution >= 0.6 is 15.9 Å². The lowest BCUT2D eigenvalue weighted by atomic mass is 9.89. The molecule has 0 spiro atoms. The number of aromatic nitrogens is 2. The first kappa shape index (κ1) is 14.1. The van der Waals surface area contributed by atoms with Gasteiger partial charge in [-0.15, -0.1) is 0 Å². The van der Waals surface area contributed by atoms with Gasteiger partial charge in [-0.05, 0) is 34.8 Å². The van der Waals surface area contributed by atoms with Crippen LogP contribution in [0.1, 0.15) is 12.2 Å². The number of halogens is 1. The Labute approximate surface area is 120 Å². The largest absolute Gasteiger partial charge is 0.466 e. The summed E-state index contributed by atoms with van der Waals surface area (Å²) in [5, 5.41) is 3.33. The topological polar surface area (TPSA) is 64.1 Å². The minimum Gasteiger partial charge on any atom is -0.466 e. The standard InChI is InChI=1S/C13H16BrN3O2/c1-19-13(18)5-9-2-3-15-6-10(9)4-12-16-7-11(14)8-17-12/h5,7-8,10,15H,2-4,6H2,1H3. The monoisotopic (exact) mass is 325 g/mol. The number of ether oxygens (including phenoxy) is 1. The number of methoxy groups -OCH3 is 1. The minimum atomic E-state index is -0.293. The average molecular weight is 326 g/mol. The van der Waals surface area contributed by atoms with Crippen molar-refractivity contribution >= 4 is 21.9 Å². The van der Waals surface area contributed by atoms with Gasteiger partial charge in [-0.3, -0.25) is 0 Å². The fourth-order valence-corrected chi connectivity index (χ4v) is 2.32. The SMILES string of the molecule is COC(=O)C=C1CCNCC1Cc1ncc(Br)cn1. The summed E-state index contributed by atoms with van der Waals surface area (Å²) in [6, 6.07) is 0. The van der Waals surface area contributed by atoms with E-state index in [2.05, 4.69) is 31.2 Å². The molecule has 1 aromatic heterocycles. The molecule has 1 N–H and O–H groups in total. The first-order chi connectivity index (χ1) is 9.19. The predicted octanol–water partition coefficient (Wildman–Crippen LogP) is 1.49. The van der Waals surface area contributed by atoms with Crippen molar-refractivity contribution in [3.63, 3.8) is 0 Å². The molecule has 1 aromatic rings. The average Bonchev–Trinajstić information content (AvgIpc) is 2.43.